The average Bonchev–Trinajstić information content (AvgIpc) is 2.72. The third-order valence-corrected chi connectivity index (χ3v) is 5.23. The van der Waals surface area contributed by atoms with Gasteiger partial charge >= 0.3 is 0 Å². The van der Waals surface area contributed by atoms with Gasteiger partial charge in [0.15, 0.2) is 0 Å². The van der Waals surface area contributed by atoms with Crippen LogP contribution in [0.5, 0.6) is 5.75 Å². The highest BCUT2D eigenvalue weighted by molar-refractivity contribution is 5.70. The molecule has 0 N–H and O–H groups in total. The fourth-order valence-electron chi connectivity index (χ4n) is 3.57. The zero-order valence-corrected chi connectivity index (χ0v) is 17.3. The standard InChI is InChI=1S/C26H38O/c1-2-3-4-5-6-7-8-9-10-11-12-18-23-27-26-22-17-16-21-25(26)24-19-14-13-15-20-24/h13-17,19-22H,2-12,18,23H2,1H3. The van der Waals surface area contributed by atoms with Gasteiger partial charge in [-0.2, -0.15) is 0 Å². The summed E-state index contributed by atoms with van der Waals surface area (Å²) in [5.41, 5.74) is 2.42. The Balaban J connectivity index is 1.52. The molecule has 0 aliphatic heterocycles. The van der Waals surface area contributed by atoms with Gasteiger partial charge in [-0.25, -0.2) is 0 Å². The van der Waals surface area contributed by atoms with E-state index in [1.165, 1.54) is 81.8 Å². The lowest BCUT2D eigenvalue weighted by atomic mass is 10.0. The molecule has 0 heterocycles. The summed E-state index contributed by atoms with van der Waals surface area (Å²) in [6.45, 7) is 3.11. The monoisotopic (exact) mass is 366 g/mol. The quantitative estimate of drug-likeness (QED) is 0.287. The third-order valence-electron chi connectivity index (χ3n) is 5.23. The van der Waals surface area contributed by atoms with Crippen LogP contribution in [0.3, 0.4) is 0 Å². The van der Waals surface area contributed by atoms with Gasteiger partial charge in [-0.15, -0.1) is 0 Å². The molecule has 2 aromatic rings. The van der Waals surface area contributed by atoms with Crippen molar-refractivity contribution in [1.29, 1.82) is 0 Å². The molecule has 0 unspecified atom stereocenters. The van der Waals surface area contributed by atoms with Gasteiger partial charge < -0.3 is 4.74 Å². The first-order valence-corrected chi connectivity index (χ1v) is 11.2. The van der Waals surface area contributed by atoms with Crippen LogP contribution in [0.4, 0.5) is 0 Å². The molecule has 0 saturated heterocycles. The van der Waals surface area contributed by atoms with Crippen LogP contribution in [0.1, 0.15) is 84.0 Å². The highest BCUT2D eigenvalue weighted by atomic mass is 16.5. The Morgan fingerprint density at radius 2 is 1.07 bits per heavy atom. The fourth-order valence-corrected chi connectivity index (χ4v) is 3.57. The molecule has 0 saturated carbocycles. The van der Waals surface area contributed by atoms with E-state index < -0.39 is 0 Å². The molecule has 1 heteroatoms. The molecule has 2 rings (SSSR count). The Bertz CT molecular complexity index is 590. The number of rotatable bonds is 15. The lowest BCUT2D eigenvalue weighted by molar-refractivity contribution is 0.305. The van der Waals surface area contributed by atoms with Gasteiger partial charge in [-0.1, -0.05) is 126 Å². The molecule has 0 aliphatic carbocycles. The second kappa shape index (κ2) is 14.3. The topological polar surface area (TPSA) is 9.23 Å². The molecule has 148 valence electrons. The number of hydrogen-bond donors (Lipinski definition) is 0. The molecule has 1 nitrogen and oxygen atoms in total. The van der Waals surface area contributed by atoms with Crippen LogP contribution in [0.25, 0.3) is 11.1 Å². The first kappa shape index (κ1) is 21.5. The molecule has 2 aromatic carbocycles. The minimum atomic E-state index is 0.821. The maximum absolute atomic E-state index is 6.08. The summed E-state index contributed by atoms with van der Waals surface area (Å²) in [5.74, 6) is 1.01. The molecule has 0 radical (unpaired) electrons. The van der Waals surface area contributed by atoms with Crippen molar-refractivity contribution in [1.82, 2.24) is 0 Å². The predicted molar refractivity (Wildman–Crippen MR) is 118 cm³/mol. The Hall–Kier alpha value is -1.76. The first-order valence-electron chi connectivity index (χ1n) is 11.2. The van der Waals surface area contributed by atoms with Gasteiger partial charge in [0.05, 0.1) is 6.61 Å². The average molecular weight is 367 g/mol. The third kappa shape index (κ3) is 9.13. The Kier molecular flexibility index (Phi) is 11.4. The van der Waals surface area contributed by atoms with Crippen LogP contribution < -0.4 is 4.74 Å². The van der Waals surface area contributed by atoms with Crippen LogP contribution in [0, 0.1) is 0 Å². The lowest BCUT2D eigenvalue weighted by Crippen LogP contribution is -1.98. The summed E-state index contributed by atoms with van der Waals surface area (Å²) >= 11 is 0. The smallest absolute Gasteiger partial charge is 0.127 e. The normalized spacial score (nSPS) is 10.9. The van der Waals surface area contributed by atoms with Gasteiger partial charge in [0.1, 0.15) is 5.75 Å². The number of hydrogen-bond acceptors (Lipinski definition) is 1. The van der Waals surface area contributed by atoms with Crippen LogP contribution in [-0.2, 0) is 0 Å². The van der Waals surface area contributed by atoms with E-state index in [9.17, 15) is 0 Å². The van der Waals surface area contributed by atoms with Crippen molar-refractivity contribution in [2.75, 3.05) is 6.61 Å². The first-order chi connectivity index (χ1) is 13.4. The summed E-state index contributed by atoms with van der Waals surface area (Å²) < 4.78 is 6.08. The second-order valence-corrected chi connectivity index (χ2v) is 7.60. The van der Waals surface area contributed by atoms with E-state index in [0.717, 1.165) is 18.8 Å². The van der Waals surface area contributed by atoms with Gasteiger partial charge in [-0.05, 0) is 18.1 Å². The van der Waals surface area contributed by atoms with Crippen molar-refractivity contribution in [2.24, 2.45) is 0 Å². The molecular weight excluding hydrogens is 328 g/mol. The zero-order valence-electron chi connectivity index (χ0n) is 17.3. The van der Waals surface area contributed by atoms with Crippen LogP contribution in [0.15, 0.2) is 54.6 Å². The minimum Gasteiger partial charge on any atom is -0.493 e. The molecule has 0 amide bonds. The molecular formula is C26H38O. The molecule has 0 aliphatic rings. The van der Waals surface area contributed by atoms with Crippen molar-refractivity contribution >= 4 is 0 Å². The van der Waals surface area contributed by atoms with Crippen LogP contribution in [-0.4, -0.2) is 6.61 Å². The van der Waals surface area contributed by atoms with E-state index >= 15 is 0 Å². The maximum atomic E-state index is 6.08. The van der Waals surface area contributed by atoms with E-state index in [1.54, 1.807) is 0 Å². The molecule has 0 fully saturated rings. The van der Waals surface area contributed by atoms with Crippen molar-refractivity contribution in [3.8, 4) is 16.9 Å². The highest BCUT2D eigenvalue weighted by Gasteiger charge is 2.04. The SMILES string of the molecule is CCCCCCCCCCCCCCOc1ccccc1-c1ccccc1. The second-order valence-electron chi connectivity index (χ2n) is 7.60. The number of para-hydroxylation sites is 1. The Morgan fingerprint density at radius 3 is 1.70 bits per heavy atom. The number of benzene rings is 2. The van der Waals surface area contributed by atoms with Crippen molar-refractivity contribution in [3.05, 3.63) is 54.6 Å². The van der Waals surface area contributed by atoms with Crippen molar-refractivity contribution < 1.29 is 4.74 Å². The van der Waals surface area contributed by atoms with Gasteiger partial charge in [-0.3, -0.25) is 0 Å². The van der Waals surface area contributed by atoms with Gasteiger partial charge in [0, 0.05) is 5.56 Å². The fraction of sp³-hybridized carbons (Fsp3) is 0.538. The highest BCUT2D eigenvalue weighted by Crippen LogP contribution is 2.29. The van der Waals surface area contributed by atoms with Crippen molar-refractivity contribution in [3.63, 3.8) is 0 Å². The van der Waals surface area contributed by atoms with Gasteiger partial charge in [0.25, 0.3) is 0 Å². The van der Waals surface area contributed by atoms with E-state index in [4.69, 9.17) is 4.74 Å². The molecule has 0 bridgehead atoms. The van der Waals surface area contributed by atoms with Crippen LogP contribution >= 0.6 is 0 Å². The van der Waals surface area contributed by atoms with E-state index in [-0.39, 0.29) is 0 Å². The summed E-state index contributed by atoms with van der Waals surface area (Å²) in [7, 11) is 0. The predicted octanol–water partition coefficient (Wildman–Crippen LogP) is 8.43. The summed E-state index contributed by atoms with van der Waals surface area (Å²) in [4.78, 5) is 0. The summed E-state index contributed by atoms with van der Waals surface area (Å²) in [5, 5.41) is 0. The van der Waals surface area contributed by atoms with Gasteiger partial charge in [0.2, 0.25) is 0 Å². The Labute approximate surface area is 167 Å². The lowest BCUT2D eigenvalue weighted by Gasteiger charge is -2.11. The van der Waals surface area contributed by atoms with Crippen LogP contribution in [0.2, 0.25) is 0 Å². The van der Waals surface area contributed by atoms with E-state index in [1.807, 2.05) is 0 Å². The van der Waals surface area contributed by atoms with E-state index in [0.29, 0.717) is 0 Å². The molecule has 0 spiro atoms. The molecule has 0 aromatic heterocycles. The molecule has 27 heavy (non-hydrogen) atoms. The Morgan fingerprint density at radius 1 is 0.556 bits per heavy atom. The number of unbranched alkanes of at least 4 members (excludes halogenated alkanes) is 11. The van der Waals surface area contributed by atoms with Crippen molar-refractivity contribution in [2.45, 2.75) is 84.0 Å². The minimum absolute atomic E-state index is 0.821. The number of ether oxygens (including phenoxy) is 1. The maximum Gasteiger partial charge on any atom is 0.127 e. The van der Waals surface area contributed by atoms with E-state index in [2.05, 4.69) is 61.5 Å². The summed E-state index contributed by atoms with van der Waals surface area (Å²) in [6, 6.07) is 18.9. The zero-order chi connectivity index (χ0) is 19.0. The molecule has 0 atom stereocenters. The largest absolute Gasteiger partial charge is 0.493 e. The summed E-state index contributed by atoms with van der Waals surface area (Å²) in [6.07, 6.45) is 16.5.